The van der Waals surface area contributed by atoms with Crippen molar-refractivity contribution in [1.82, 2.24) is 0 Å². The Morgan fingerprint density at radius 2 is 1.50 bits per heavy atom. The molecule has 0 heterocycles. The maximum atomic E-state index is 2.45. The maximum Gasteiger partial charge on any atom is -0.0303 e. The van der Waals surface area contributed by atoms with Gasteiger partial charge in [0.1, 0.15) is 0 Å². The van der Waals surface area contributed by atoms with Crippen LogP contribution in [0.1, 0.15) is 67.7 Å². The molecule has 0 N–H and O–H groups in total. The van der Waals surface area contributed by atoms with Gasteiger partial charge in [-0.25, -0.2) is 0 Å². The maximum absolute atomic E-state index is 2.45. The van der Waals surface area contributed by atoms with E-state index < -0.39 is 0 Å². The van der Waals surface area contributed by atoms with E-state index in [1.807, 2.05) is 0 Å². The van der Waals surface area contributed by atoms with Gasteiger partial charge < -0.3 is 0 Å². The molecule has 0 aliphatic heterocycles. The van der Waals surface area contributed by atoms with Gasteiger partial charge in [-0.05, 0) is 36.0 Å². The summed E-state index contributed by atoms with van der Waals surface area (Å²) in [4.78, 5) is 0. The second kappa shape index (κ2) is 5.78. The van der Waals surface area contributed by atoms with Crippen molar-refractivity contribution in [1.29, 1.82) is 0 Å². The van der Waals surface area contributed by atoms with Gasteiger partial charge in [-0.2, -0.15) is 0 Å². The van der Waals surface area contributed by atoms with Crippen LogP contribution in [0.3, 0.4) is 0 Å². The number of hydrogen-bond acceptors (Lipinski definition) is 0. The minimum absolute atomic E-state index is 0.550. The predicted molar refractivity (Wildman–Crippen MR) is 66.5 cm³/mol. The molecule has 0 radical (unpaired) electrons. The van der Waals surface area contributed by atoms with Crippen molar-refractivity contribution >= 4 is 0 Å². The third-order valence-corrected chi connectivity index (χ3v) is 3.89. The first-order valence-corrected chi connectivity index (χ1v) is 6.31. The average molecular weight is 198 g/mol. The molecular formula is C14H30. The molecule has 0 aliphatic rings. The Kier molecular flexibility index (Phi) is 5.78. The summed E-state index contributed by atoms with van der Waals surface area (Å²) < 4.78 is 0. The first kappa shape index (κ1) is 14.0. The third kappa shape index (κ3) is 4.48. The van der Waals surface area contributed by atoms with E-state index >= 15 is 0 Å². The quantitative estimate of drug-likeness (QED) is 0.555. The fraction of sp³-hybridized carbons (Fsp3) is 1.00. The highest BCUT2D eigenvalue weighted by Crippen LogP contribution is 2.38. The van der Waals surface area contributed by atoms with Crippen LogP contribution in [0.4, 0.5) is 0 Å². The second-order valence-electron chi connectivity index (χ2n) is 6.10. The van der Waals surface area contributed by atoms with E-state index in [0.717, 1.165) is 17.8 Å². The first-order valence-electron chi connectivity index (χ1n) is 6.31. The van der Waals surface area contributed by atoms with Crippen molar-refractivity contribution in [3.63, 3.8) is 0 Å². The molecule has 0 aromatic heterocycles. The molecule has 2 unspecified atom stereocenters. The normalized spacial score (nSPS) is 18.6. The largest absolute Gasteiger partial charge is 0.0649 e. The molecule has 0 spiro atoms. The second-order valence-corrected chi connectivity index (χ2v) is 6.10. The molecule has 0 saturated carbocycles. The van der Waals surface area contributed by atoms with Crippen LogP contribution in [-0.4, -0.2) is 0 Å². The fourth-order valence-corrected chi connectivity index (χ4v) is 2.47. The van der Waals surface area contributed by atoms with Crippen LogP contribution in [0.2, 0.25) is 0 Å². The highest BCUT2D eigenvalue weighted by atomic mass is 14.3. The number of rotatable bonds is 6. The molecule has 14 heavy (non-hydrogen) atoms. The lowest BCUT2D eigenvalue weighted by Crippen LogP contribution is -2.25. The van der Waals surface area contributed by atoms with Crippen molar-refractivity contribution in [2.45, 2.75) is 67.7 Å². The fourth-order valence-electron chi connectivity index (χ4n) is 2.47. The Bertz CT molecular complexity index is 146. The average Bonchev–Trinajstić information content (AvgIpc) is 2.01. The van der Waals surface area contributed by atoms with E-state index in [4.69, 9.17) is 0 Å². The van der Waals surface area contributed by atoms with E-state index in [2.05, 4.69) is 48.5 Å². The summed E-state index contributed by atoms with van der Waals surface area (Å²) >= 11 is 0. The summed E-state index contributed by atoms with van der Waals surface area (Å²) in [6.07, 6.45) is 4.08. The monoisotopic (exact) mass is 198 g/mol. The van der Waals surface area contributed by atoms with Gasteiger partial charge >= 0.3 is 0 Å². The van der Waals surface area contributed by atoms with Gasteiger partial charge in [0.2, 0.25) is 0 Å². The van der Waals surface area contributed by atoms with Crippen LogP contribution in [-0.2, 0) is 0 Å². The topological polar surface area (TPSA) is 0 Å². The lowest BCUT2D eigenvalue weighted by molar-refractivity contribution is 0.151. The van der Waals surface area contributed by atoms with E-state index in [9.17, 15) is 0 Å². The minimum Gasteiger partial charge on any atom is -0.0649 e. The van der Waals surface area contributed by atoms with E-state index in [1.54, 1.807) is 0 Å². The molecule has 0 fully saturated rings. The summed E-state index contributed by atoms with van der Waals surface area (Å²) in [5, 5.41) is 0. The molecule has 0 heteroatoms. The standard InChI is InChI=1S/C14H30/c1-8-14(7,12(4)5)10-13(6)9-11(2)3/h11-13H,8-10H2,1-7H3. The summed E-state index contributed by atoms with van der Waals surface area (Å²) in [7, 11) is 0. The Labute approximate surface area is 91.5 Å². The predicted octanol–water partition coefficient (Wildman–Crippen LogP) is 5.13. The molecule has 0 rings (SSSR count). The van der Waals surface area contributed by atoms with Gasteiger partial charge in [0.25, 0.3) is 0 Å². The zero-order valence-electron chi connectivity index (χ0n) is 11.4. The van der Waals surface area contributed by atoms with Crippen LogP contribution < -0.4 is 0 Å². The molecule has 0 aliphatic carbocycles. The third-order valence-electron chi connectivity index (χ3n) is 3.89. The number of hydrogen-bond donors (Lipinski definition) is 0. The lowest BCUT2D eigenvalue weighted by Gasteiger charge is -2.35. The summed E-state index contributed by atoms with van der Waals surface area (Å²) in [6, 6.07) is 0. The highest BCUT2D eigenvalue weighted by Gasteiger charge is 2.28. The van der Waals surface area contributed by atoms with E-state index in [0.29, 0.717) is 5.41 Å². The molecule has 0 saturated heterocycles. The van der Waals surface area contributed by atoms with Gasteiger partial charge in [0.15, 0.2) is 0 Å². The van der Waals surface area contributed by atoms with Crippen molar-refractivity contribution in [3.05, 3.63) is 0 Å². The molecule has 0 aromatic rings. The smallest absolute Gasteiger partial charge is 0.0303 e. The Balaban J connectivity index is 4.17. The van der Waals surface area contributed by atoms with Crippen molar-refractivity contribution in [2.75, 3.05) is 0 Å². The van der Waals surface area contributed by atoms with Crippen molar-refractivity contribution in [3.8, 4) is 0 Å². The first-order chi connectivity index (χ1) is 6.31. The Morgan fingerprint density at radius 3 is 1.79 bits per heavy atom. The van der Waals surface area contributed by atoms with Crippen molar-refractivity contribution in [2.24, 2.45) is 23.2 Å². The zero-order valence-corrected chi connectivity index (χ0v) is 11.4. The Morgan fingerprint density at radius 1 is 1.00 bits per heavy atom. The van der Waals surface area contributed by atoms with Crippen LogP contribution in [0.15, 0.2) is 0 Å². The van der Waals surface area contributed by atoms with Crippen LogP contribution >= 0.6 is 0 Å². The summed E-state index contributed by atoms with van der Waals surface area (Å²) in [5.74, 6) is 2.53. The molecule has 0 bridgehead atoms. The van der Waals surface area contributed by atoms with Gasteiger partial charge in [-0.3, -0.25) is 0 Å². The van der Waals surface area contributed by atoms with Gasteiger partial charge in [0.05, 0.1) is 0 Å². The van der Waals surface area contributed by atoms with Crippen molar-refractivity contribution < 1.29 is 0 Å². The Hall–Kier alpha value is 0. The van der Waals surface area contributed by atoms with Crippen LogP contribution in [0.25, 0.3) is 0 Å². The molecule has 0 nitrogen and oxygen atoms in total. The van der Waals surface area contributed by atoms with Crippen LogP contribution in [0.5, 0.6) is 0 Å². The lowest BCUT2D eigenvalue weighted by atomic mass is 9.70. The van der Waals surface area contributed by atoms with Gasteiger partial charge in [-0.1, -0.05) is 54.9 Å². The van der Waals surface area contributed by atoms with Gasteiger partial charge in [-0.15, -0.1) is 0 Å². The molecular weight excluding hydrogens is 168 g/mol. The summed E-state index contributed by atoms with van der Waals surface area (Å²) in [6.45, 7) is 16.6. The van der Waals surface area contributed by atoms with Crippen LogP contribution in [0, 0.1) is 23.2 Å². The molecule has 86 valence electrons. The minimum atomic E-state index is 0.550. The molecule has 0 amide bonds. The molecule has 0 aromatic carbocycles. The summed E-state index contributed by atoms with van der Waals surface area (Å²) in [5.41, 5.74) is 0.550. The van der Waals surface area contributed by atoms with E-state index in [1.165, 1.54) is 19.3 Å². The van der Waals surface area contributed by atoms with Gasteiger partial charge in [0, 0.05) is 0 Å². The zero-order chi connectivity index (χ0) is 11.4. The van der Waals surface area contributed by atoms with E-state index in [-0.39, 0.29) is 0 Å². The highest BCUT2D eigenvalue weighted by molar-refractivity contribution is 4.78. The SMILES string of the molecule is CCC(C)(CC(C)CC(C)C)C(C)C. The molecule has 2 atom stereocenters.